The first-order valence-corrected chi connectivity index (χ1v) is 5.16. The van der Waals surface area contributed by atoms with Gasteiger partial charge in [0.15, 0.2) is 0 Å². The zero-order chi connectivity index (χ0) is 9.10. The minimum absolute atomic E-state index is 0.0851. The van der Waals surface area contributed by atoms with Gasteiger partial charge in [0.1, 0.15) is 6.23 Å². The monoisotopic (exact) mass is 182 g/mol. The molecule has 0 bridgehead atoms. The summed E-state index contributed by atoms with van der Waals surface area (Å²) in [5.41, 5.74) is 3.31. The van der Waals surface area contributed by atoms with Crippen LogP contribution < -0.4 is 5.43 Å². The van der Waals surface area contributed by atoms with Gasteiger partial charge in [-0.15, -0.1) is 0 Å². The van der Waals surface area contributed by atoms with Gasteiger partial charge in [0.05, 0.1) is 0 Å². The zero-order valence-corrected chi connectivity index (χ0v) is 8.20. The van der Waals surface area contributed by atoms with Crippen LogP contribution in [0.1, 0.15) is 32.1 Å². The third-order valence-corrected chi connectivity index (χ3v) is 2.92. The molecule has 74 valence electrons. The minimum atomic E-state index is 0.0851. The Morgan fingerprint density at radius 1 is 1.31 bits per heavy atom. The van der Waals surface area contributed by atoms with Crippen LogP contribution in [0, 0.1) is 0 Å². The van der Waals surface area contributed by atoms with Gasteiger partial charge < -0.3 is 9.75 Å². The molecule has 1 saturated carbocycles. The summed E-state index contributed by atoms with van der Waals surface area (Å²) in [5, 5.41) is 2.22. The molecule has 3 heteroatoms. The SMILES string of the molecule is COC1C=CN(C2CCCCC2)N1. The first-order valence-electron chi connectivity index (χ1n) is 5.16. The number of hydrogen-bond acceptors (Lipinski definition) is 3. The van der Waals surface area contributed by atoms with Crippen molar-refractivity contribution in [2.45, 2.75) is 44.4 Å². The lowest BCUT2D eigenvalue weighted by atomic mass is 9.95. The van der Waals surface area contributed by atoms with Crippen molar-refractivity contribution < 1.29 is 4.74 Å². The van der Waals surface area contributed by atoms with E-state index in [-0.39, 0.29) is 6.23 Å². The van der Waals surface area contributed by atoms with Crippen molar-refractivity contribution in [3.8, 4) is 0 Å². The second-order valence-electron chi connectivity index (χ2n) is 3.83. The number of nitrogens with one attached hydrogen (secondary N) is 1. The molecule has 0 aromatic rings. The van der Waals surface area contributed by atoms with Crippen molar-refractivity contribution in [3.05, 3.63) is 12.3 Å². The molecular weight excluding hydrogens is 164 g/mol. The highest BCUT2D eigenvalue weighted by Crippen LogP contribution is 2.23. The van der Waals surface area contributed by atoms with Gasteiger partial charge in [-0.1, -0.05) is 19.3 Å². The van der Waals surface area contributed by atoms with Crippen molar-refractivity contribution in [2.75, 3.05) is 7.11 Å². The number of hydrazine groups is 1. The van der Waals surface area contributed by atoms with Crippen LogP contribution in [0.25, 0.3) is 0 Å². The lowest BCUT2D eigenvalue weighted by Gasteiger charge is -2.31. The highest BCUT2D eigenvalue weighted by Gasteiger charge is 2.23. The van der Waals surface area contributed by atoms with E-state index < -0.39 is 0 Å². The Balaban J connectivity index is 1.84. The maximum absolute atomic E-state index is 5.19. The fraction of sp³-hybridized carbons (Fsp3) is 0.800. The van der Waals surface area contributed by atoms with E-state index in [2.05, 4.69) is 22.7 Å². The van der Waals surface area contributed by atoms with Crippen LogP contribution in [0.3, 0.4) is 0 Å². The van der Waals surface area contributed by atoms with E-state index in [0.29, 0.717) is 6.04 Å². The topological polar surface area (TPSA) is 24.5 Å². The van der Waals surface area contributed by atoms with Crippen LogP contribution in [0.4, 0.5) is 0 Å². The summed E-state index contributed by atoms with van der Waals surface area (Å²) >= 11 is 0. The van der Waals surface area contributed by atoms with Crippen molar-refractivity contribution in [3.63, 3.8) is 0 Å². The molecule has 1 atom stereocenters. The van der Waals surface area contributed by atoms with Gasteiger partial charge in [0, 0.05) is 19.4 Å². The van der Waals surface area contributed by atoms with Crippen LogP contribution in [0.2, 0.25) is 0 Å². The van der Waals surface area contributed by atoms with Gasteiger partial charge in [0.2, 0.25) is 0 Å². The molecular formula is C10H18N2O. The molecule has 13 heavy (non-hydrogen) atoms. The number of nitrogens with zero attached hydrogens (tertiary/aromatic N) is 1. The van der Waals surface area contributed by atoms with E-state index in [1.54, 1.807) is 7.11 Å². The smallest absolute Gasteiger partial charge is 0.145 e. The fourth-order valence-electron chi connectivity index (χ4n) is 2.12. The van der Waals surface area contributed by atoms with Gasteiger partial charge in [0.25, 0.3) is 0 Å². The molecule has 0 aromatic carbocycles. The van der Waals surface area contributed by atoms with E-state index in [9.17, 15) is 0 Å². The first-order chi connectivity index (χ1) is 6.40. The summed E-state index contributed by atoms with van der Waals surface area (Å²) in [5.74, 6) is 0. The van der Waals surface area contributed by atoms with E-state index >= 15 is 0 Å². The van der Waals surface area contributed by atoms with Crippen LogP contribution in [0.15, 0.2) is 12.3 Å². The Hall–Kier alpha value is -0.540. The Labute approximate surface area is 79.7 Å². The second kappa shape index (κ2) is 4.11. The summed E-state index contributed by atoms with van der Waals surface area (Å²) in [6, 6.07) is 0.685. The molecule has 1 aliphatic heterocycles. The van der Waals surface area contributed by atoms with Gasteiger partial charge in [-0.2, -0.15) is 0 Å². The van der Waals surface area contributed by atoms with Crippen molar-refractivity contribution in [1.29, 1.82) is 0 Å². The van der Waals surface area contributed by atoms with Gasteiger partial charge in [-0.25, -0.2) is 5.43 Å². The van der Waals surface area contributed by atoms with E-state index in [4.69, 9.17) is 4.74 Å². The third-order valence-electron chi connectivity index (χ3n) is 2.92. The average molecular weight is 182 g/mol. The first kappa shape index (κ1) is 9.03. The Morgan fingerprint density at radius 3 is 2.69 bits per heavy atom. The Kier molecular flexibility index (Phi) is 2.86. The predicted octanol–water partition coefficient (Wildman–Crippen LogP) is 1.63. The van der Waals surface area contributed by atoms with Crippen LogP contribution in [-0.4, -0.2) is 24.4 Å². The van der Waals surface area contributed by atoms with Crippen LogP contribution in [-0.2, 0) is 4.74 Å². The summed E-state index contributed by atoms with van der Waals surface area (Å²) in [7, 11) is 1.73. The largest absolute Gasteiger partial charge is 0.361 e. The summed E-state index contributed by atoms with van der Waals surface area (Å²) in [6.45, 7) is 0. The maximum Gasteiger partial charge on any atom is 0.145 e. The summed E-state index contributed by atoms with van der Waals surface area (Å²) in [6.07, 6.45) is 11.0. The van der Waals surface area contributed by atoms with Gasteiger partial charge in [-0.3, -0.25) is 0 Å². The molecule has 1 aliphatic carbocycles. The van der Waals surface area contributed by atoms with Crippen LogP contribution >= 0.6 is 0 Å². The second-order valence-corrected chi connectivity index (χ2v) is 3.83. The maximum atomic E-state index is 5.19. The average Bonchev–Trinajstić information content (AvgIpc) is 2.67. The molecule has 0 aromatic heterocycles. The molecule has 0 saturated heterocycles. The third kappa shape index (κ3) is 2.03. The number of methoxy groups -OCH3 is 1. The zero-order valence-electron chi connectivity index (χ0n) is 8.20. The van der Waals surface area contributed by atoms with Gasteiger partial charge >= 0.3 is 0 Å². The number of ether oxygens (including phenoxy) is 1. The number of rotatable bonds is 2. The standard InChI is InChI=1S/C10H18N2O/c1-13-10-7-8-12(11-10)9-5-3-2-4-6-9/h7-11H,2-6H2,1H3. The minimum Gasteiger partial charge on any atom is -0.361 e. The van der Waals surface area contributed by atoms with Crippen molar-refractivity contribution in [1.82, 2.24) is 10.4 Å². The lowest BCUT2D eigenvalue weighted by molar-refractivity contribution is 0.0470. The molecule has 0 radical (unpaired) electrons. The lowest BCUT2D eigenvalue weighted by Crippen LogP contribution is -2.43. The van der Waals surface area contributed by atoms with E-state index in [0.717, 1.165) is 0 Å². The van der Waals surface area contributed by atoms with Crippen molar-refractivity contribution in [2.24, 2.45) is 0 Å². The highest BCUT2D eigenvalue weighted by molar-refractivity contribution is 4.96. The van der Waals surface area contributed by atoms with Gasteiger partial charge in [-0.05, 0) is 18.9 Å². The molecule has 0 amide bonds. The molecule has 2 aliphatic rings. The Morgan fingerprint density at radius 2 is 2.08 bits per heavy atom. The summed E-state index contributed by atoms with van der Waals surface area (Å²) in [4.78, 5) is 0. The number of hydrogen-bond donors (Lipinski definition) is 1. The summed E-state index contributed by atoms with van der Waals surface area (Å²) < 4.78 is 5.19. The van der Waals surface area contributed by atoms with E-state index in [1.807, 2.05) is 0 Å². The molecule has 0 spiro atoms. The molecule has 1 N–H and O–H groups in total. The highest BCUT2D eigenvalue weighted by atomic mass is 16.5. The molecule has 1 unspecified atom stereocenters. The predicted molar refractivity (Wildman–Crippen MR) is 51.8 cm³/mol. The Bertz CT molecular complexity index is 187. The van der Waals surface area contributed by atoms with Crippen LogP contribution in [0.5, 0.6) is 0 Å². The quantitative estimate of drug-likeness (QED) is 0.702. The normalized spacial score (nSPS) is 29.9. The molecule has 1 heterocycles. The molecule has 3 nitrogen and oxygen atoms in total. The van der Waals surface area contributed by atoms with Crippen molar-refractivity contribution >= 4 is 0 Å². The fourth-order valence-corrected chi connectivity index (χ4v) is 2.12. The van der Waals surface area contributed by atoms with E-state index in [1.165, 1.54) is 32.1 Å². The molecule has 2 rings (SSSR count). The molecule has 1 fully saturated rings.